The van der Waals surface area contributed by atoms with E-state index in [9.17, 15) is 0 Å². The van der Waals surface area contributed by atoms with E-state index in [0.29, 0.717) is 0 Å². The van der Waals surface area contributed by atoms with Gasteiger partial charge in [0, 0.05) is 51.4 Å². The zero-order valence-electron chi connectivity index (χ0n) is 15.7. The number of nitrogens with zero attached hydrogens (tertiary/aromatic N) is 4. The fraction of sp³-hybridized carbons (Fsp3) is 0.667. The fourth-order valence-corrected chi connectivity index (χ4v) is 5.11. The lowest BCUT2D eigenvalue weighted by Gasteiger charge is -2.49. The van der Waals surface area contributed by atoms with Gasteiger partial charge in [0.25, 0.3) is 0 Å². The summed E-state index contributed by atoms with van der Waals surface area (Å²) in [5.74, 6) is 1.10. The van der Waals surface area contributed by atoms with Crippen LogP contribution in [0.3, 0.4) is 0 Å². The molecule has 0 unspecified atom stereocenters. The number of nitrogens with one attached hydrogen (secondary N) is 1. The third-order valence-corrected chi connectivity index (χ3v) is 6.71. The van der Waals surface area contributed by atoms with Crippen molar-refractivity contribution >= 4 is 11.0 Å². The first kappa shape index (κ1) is 16.7. The maximum Gasteiger partial charge on any atom is 0.121 e. The first-order valence-corrected chi connectivity index (χ1v) is 10.5. The molecule has 1 aliphatic carbocycles. The second-order valence-electron chi connectivity index (χ2n) is 8.41. The Morgan fingerprint density at radius 2 is 1.58 bits per heavy atom. The Balaban J connectivity index is 1.08. The summed E-state index contributed by atoms with van der Waals surface area (Å²) >= 11 is 0. The molecular formula is C21H31N5. The summed E-state index contributed by atoms with van der Waals surface area (Å²) in [6.07, 6.45) is 7.23. The zero-order chi connectivity index (χ0) is 17.3. The lowest BCUT2D eigenvalue weighted by Crippen LogP contribution is -2.63. The van der Waals surface area contributed by atoms with E-state index in [2.05, 4.69) is 43.9 Å². The van der Waals surface area contributed by atoms with Gasteiger partial charge >= 0.3 is 0 Å². The molecule has 1 saturated carbocycles. The predicted molar refractivity (Wildman–Crippen MR) is 105 cm³/mol. The van der Waals surface area contributed by atoms with Crippen molar-refractivity contribution in [1.82, 2.24) is 24.7 Å². The van der Waals surface area contributed by atoms with Crippen molar-refractivity contribution in [3.63, 3.8) is 0 Å². The Hall–Kier alpha value is -1.43. The van der Waals surface area contributed by atoms with Gasteiger partial charge in [0.05, 0.1) is 17.6 Å². The SMILES string of the molecule is c1ccc2[nH]c(CN3CC(N4CCN(C5CCCCC5)CC4)C3)nc2c1. The summed E-state index contributed by atoms with van der Waals surface area (Å²) in [6.45, 7) is 8.43. The molecule has 3 aliphatic rings. The van der Waals surface area contributed by atoms with E-state index in [1.54, 1.807) is 0 Å². The summed E-state index contributed by atoms with van der Waals surface area (Å²) < 4.78 is 0. The maximum absolute atomic E-state index is 4.72. The summed E-state index contributed by atoms with van der Waals surface area (Å²) in [5.41, 5.74) is 2.23. The molecule has 5 heteroatoms. The minimum Gasteiger partial charge on any atom is -0.341 e. The van der Waals surface area contributed by atoms with Crippen LogP contribution in [0.15, 0.2) is 24.3 Å². The monoisotopic (exact) mass is 353 g/mol. The molecule has 5 rings (SSSR count). The van der Waals surface area contributed by atoms with Crippen LogP contribution in [0.2, 0.25) is 0 Å². The Labute approximate surface area is 156 Å². The summed E-state index contributed by atoms with van der Waals surface area (Å²) in [6, 6.07) is 9.96. The number of benzene rings is 1. The van der Waals surface area contributed by atoms with Crippen LogP contribution in [0.25, 0.3) is 11.0 Å². The molecule has 3 heterocycles. The molecule has 3 fully saturated rings. The average Bonchev–Trinajstić information content (AvgIpc) is 3.08. The van der Waals surface area contributed by atoms with Crippen molar-refractivity contribution in [3.8, 4) is 0 Å². The highest BCUT2D eigenvalue weighted by molar-refractivity contribution is 5.74. The summed E-state index contributed by atoms with van der Waals surface area (Å²) in [4.78, 5) is 16.2. The van der Waals surface area contributed by atoms with Crippen molar-refractivity contribution in [3.05, 3.63) is 30.1 Å². The highest BCUT2D eigenvalue weighted by atomic mass is 15.4. The Morgan fingerprint density at radius 1 is 0.885 bits per heavy atom. The fourth-order valence-electron chi connectivity index (χ4n) is 5.11. The van der Waals surface area contributed by atoms with Gasteiger partial charge in [0.1, 0.15) is 5.82 Å². The van der Waals surface area contributed by atoms with Crippen LogP contribution in [0.1, 0.15) is 37.9 Å². The smallest absolute Gasteiger partial charge is 0.121 e. The van der Waals surface area contributed by atoms with Crippen molar-refractivity contribution < 1.29 is 0 Å². The van der Waals surface area contributed by atoms with Crippen LogP contribution in [0, 0.1) is 0 Å². The van der Waals surface area contributed by atoms with Gasteiger partial charge in [-0.25, -0.2) is 4.98 Å². The number of hydrogen-bond donors (Lipinski definition) is 1. The lowest BCUT2D eigenvalue weighted by molar-refractivity contribution is -0.0112. The number of likely N-dealkylation sites (tertiary alicyclic amines) is 1. The van der Waals surface area contributed by atoms with Crippen LogP contribution in [-0.4, -0.2) is 76.0 Å². The molecule has 0 bridgehead atoms. The Morgan fingerprint density at radius 3 is 2.31 bits per heavy atom. The van der Waals surface area contributed by atoms with Crippen molar-refractivity contribution in [1.29, 1.82) is 0 Å². The second kappa shape index (κ2) is 7.29. The number of hydrogen-bond acceptors (Lipinski definition) is 4. The molecule has 0 spiro atoms. The minimum atomic E-state index is 0.757. The van der Waals surface area contributed by atoms with E-state index in [-0.39, 0.29) is 0 Å². The molecule has 1 aromatic carbocycles. The van der Waals surface area contributed by atoms with E-state index >= 15 is 0 Å². The molecule has 1 aromatic heterocycles. The van der Waals surface area contributed by atoms with E-state index in [4.69, 9.17) is 4.98 Å². The van der Waals surface area contributed by atoms with Crippen LogP contribution in [0.4, 0.5) is 0 Å². The van der Waals surface area contributed by atoms with Gasteiger partial charge in [-0.05, 0) is 25.0 Å². The number of piperazine rings is 1. The third kappa shape index (κ3) is 3.40. The number of H-pyrrole nitrogens is 1. The van der Waals surface area contributed by atoms with Crippen LogP contribution in [0.5, 0.6) is 0 Å². The molecular weight excluding hydrogens is 322 g/mol. The number of imidazole rings is 1. The van der Waals surface area contributed by atoms with Crippen LogP contribution >= 0.6 is 0 Å². The quantitative estimate of drug-likeness (QED) is 0.917. The highest BCUT2D eigenvalue weighted by Gasteiger charge is 2.35. The largest absolute Gasteiger partial charge is 0.341 e. The van der Waals surface area contributed by atoms with E-state index < -0.39 is 0 Å². The van der Waals surface area contributed by atoms with Gasteiger partial charge in [-0.2, -0.15) is 0 Å². The lowest BCUT2D eigenvalue weighted by atomic mass is 9.93. The molecule has 26 heavy (non-hydrogen) atoms. The van der Waals surface area contributed by atoms with E-state index in [1.807, 2.05) is 0 Å². The third-order valence-electron chi connectivity index (χ3n) is 6.71. The molecule has 2 aliphatic heterocycles. The van der Waals surface area contributed by atoms with Gasteiger partial charge in [-0.3, -0.25) is 14.7 Å². The predicted octanol–water partition coefficient (Wildman–Crippen LogP) is 2.70. The maximum atomic E-state index is 4.72. The molecule has 5 nitrogen and oxygen atoms in total. The summed E-state index contributed by atoms with van der Waals surface area (Å²) in [7, 11) is 0. The first-order chi connectivity index (χ1) is 12.8. The van der Waals surface area contributed by atoms with Crippen molar-refractivity contribution in [2.45, 2.75) is 50.7 Å². The Kier molecular flexibility index (Phi) is 4.69. The Bertz CT molecular complexity index is 688. The zero-order valence-corrected chi connectivity index (χ0v) is 15.7. The van der Waals surface area contributed by atoms with E-state index in [0.717, 1.165) is 35.5 Å². The van der Waals surface area contributed by atoms with Gasteiger partial charge < -0.3 is 4.98 Å². The molecule has 0 amide bonds. The van der Waals surface area contributed by atoms with Crippen LogP contribution in [-0.2, 0) is 6.54 Å². The van der Waals surface area contributed by atoms with Gasteiger partial charge in [0.15, 0.2) is 0 Å². The number of para-hydroxylation sites is 2. The second-order valence-corrected chi connectivity index (χ2v) is 8.41. The molecule has 0 radical (unpaired) electrons. The molecule has 1 N–H and O–H groups in total. The highest BCUT2D eigenvalue weighted by Crippen LogP contribution is 2.25. The minimum absolute atomic E-state index is 0.757. The van der Waals surface area contributed by atoms with Gasteiger partial charge in [-0.15, -0.1) is 0 Å². The molecule has 2 aromatic rings. The number of aromatic nitrogens is 2. The van der Waals surface area contributed by atoms with Crippen LogP contribution < -0.4 is 0 Å². The van der Waals surface area contributed by atoms with Gasteiger partial charge in [-0.1, -0.05) is 31.4 Å². The van der Waals surface area contributed by atoms with Crippen molar-refractivity contribution in [2.75, 3.05) is 39.3 Å². The molecule has 140 valence electrons. The number of aromatic amines is 1. The topological polar surface area (TPSA) is 38.4 Å². The standard InChI is InChI=1S/C21H31N5/c1-2-6-17(7-3-1)25-10-12-26(13-11-25)18-14-24(15-18)16-21-22-19-8-4-5-9-20(19)23-21/h4-5,8-9,17-18H,1-3,6-7,10-16H2,(H,22,23). The number of rotatable bonds is 4. The number of fused-ring (bicyclic) bond motifs is 1. The average molecular weight is 354 g/mol. The molecule has 0 atom stereocenters. The van der Waals surface area contributed by atoms with E-state index in [1.165, 1.54) is 71.4 Å². The normalized spacial score (nSPS) is 24.9. The van der Waals surface area contributed by atoms with Gasteiger partial charge in [0.2, 0.25) is 0 Å². The first-order valence-electron chi connectivity index (χ1n) is 10.5. The summed E-state index contributed by atoms with van der Waals surface area (Å²) in [5, 5.41) is 0. The molecule has 2 saturated heterocycles. The van der Waals surface area contributed by atoms with Crippen molar-refractivity contribution in [2.24, 2.45) is 0 Å².